The van der Waals surface area contributed by atoms with Gasteiger partial charge < -0.3 is 5.11 Å². The highest BCUT2D eigenvalue weighted by Crippen LogP contribution is 2.39. The number of rotatable bonds is 6. The number of aromatic hydroxyl groups is 1. The van der Waals surface area contributed by atoms with E-state index in [-0.39, 0.29) is 5.41 Å². The van der Waals surface area contributed by atoms with Crippen molar-refractivity contribution in [2.24, 2.45) is 0 Å². The van der Waals surface area contributed by atoms with E-state index in [0.717, 1.165) is 33.1 Å². The number of benzene rings is 1. The highest BCUT2D eigenvalue weighted by molar-refractivity contribution is 7.99. The molecule has 2 aliphatic rings. The molecule has 152 valence electrons. The summed E-state index contributed by atoms with van der Waals surface area (Å²) < 4.78 is 0. The third kappa shape index (κ3) is 6.35. The number of hydrogen-bond acceptors (Lipinski definition) is 3. The molecule has 1 aromatic carbocycles. The highest BCUT2D eigenvalue weighted by Gasteiger charge is 2.23. The van der Waals surface area contributed by atoms with E-state index < -0.39 is 0 Å². The second kappa shape index (κ2) is 9.96. The summed E-state index contributed by atoms with van der Waals surface area (Å²) in [5.74, 6) is 2.61. The Morgan fingerprint density at radius 1 is 0.815 bits per heavy atom. The quantitative estimate of drug-likeness (QED) is 0.520. The van der Waals surface area contributed by atoms with Crippen molar-refractivity contribution in [3.63, 3.8) is 0 Å². The number of thioether (sulfide) groups is 2. The Morgan fingerprint density at radius 3 is 1.85 bits per heavy atom. The standard InChI is InChI=1S/C24H38OS2/c1-24(2,3)22-15-18(16-26-20-10-6-4-7-11-20)14-19(23(22)25)17-27-21-12-8-5-9-13-21/h14-15,20-21,25H,4-13,16-17H2,1-3H3. The monoisotopic (exact) mass is 406 g/mol. The van der Waals surface area contributed by atoms with Crippen LogP contribution >= 0.6 is 23.5 Å². The molecule has 27 heavy (non-hydrogen) atoms. The number of hydrogen-bond donors (Lipinski definition) is 1. The molecule has 0 atom stereocenters. The molecule has 0 unspecified atom stereocenters. The van der Waals surface area contributed by atoms with Crippen LogP contribution < -0.4 is 0 Å². The first kappa shape index (κ1) is 21.4. The molecule has 0 saturated heterocycles. The summed E-state index contributed by atoms with van der Waals surface area (Å²) in [5.41, 5.74) is 3.69. The zero-order valence-electron chi connectivity index (χ0n) is 17.6. The van der Waals surface area contributed by atoms with Gasteiger partial charge in [0.25, 0.3) is 0 Å². The summed E-state index contributed by atoms with van der Waals surface area (Å²) in [6.07, 6.45) is 13.9. The zero-order chi connectivity index (χ0) is 19.3. The van der Waals surface area contributed by atoms with Gasteiger partial charge in [0.2, 0.25) is 0 Å². The maximum absolute atomic E-state index is 11.0. The topological polar surface area (TPSA) is 20.2 Å². The summed E-state index contributed by atoms with van der Waals surface area (Å²) in [6, 6.07) is 4.58. The van der Waals surface area contributed by atoms with Crippen molar-refractivity contribution in [1.82, 2.24) is 0 Å². The molecule has 0 heterocycles. The van der Waals surface area contributed by atoms with E-state index in [1.165, 1.54) is 69.8 Å². The molecule has 1 nitrogen and oxygen atoms in total. The summed E-state index contributed by atoms with van der Waals surface area (Å²) in [7, 11) is 0. The van der Waals surface area contributed by atoms with E-state index in [1.807, 2.05) is 0 Å². The number of phenolic OH excluding ortho intramolecular Hbond substituents is 1. The molecule has 3 rings (SSSR count). The second-order valence-electron chi connectivity index (χ2n) is 9.54. The lowest BCUT2D eigenvalue weighted by Crippen LogP contribution is -2.14. The lowest BCUT2D eigenvalue weighted by molar-refractivity contribution is 0.442. The fourth-order valence-electron chi connectivity index (χ4n) is 4.41. The molecule has 0 aliphatic heterocycles. The molecule has 0 spiro atoms. The van der Waals surface area contributed by atoms with Crippen molar-refractivity contribution in [2.45, 2.75) is 112 Å². The van der Waals surface area contributed by atoms with Gasteiger partial charge in [0.05, 0.1) is 0 Å². The van der Waals surface area contributed by atoms with Crippen molar-refractivity contribution in [3.8, 4) is 5.75 Å². The Labute approximate surface area is 175 Å². The Kier molecular flexibility index (Phi) is 7.91. The SMILES string of the molecule is CC(C)(C)c1cc(CSC2CCCCC2)cc(CSC2CCCCC2)c1O. The van der Waals surface area contributed by atoms with Gasteiger partial charge in [-0.1, -0.05) is 71.4 Å². The predicted molar refractivity (Wildman–Crippen MR) is 123 cm³/mol. The first-order valence-corrected chi connectivity index (χ1v) is 13.1. The van der Waals surface area contributed by atoms with E-state index in [9.17, 15) is 5.11 Å². The van der Waals surface area contributed by atoms with Crippen LogP contribution in [-0.4, -0.2) is 15.6 Å². The first-order chi connectivity index (χ1) is 12.9. The molecule has 1 aromatic rings. The summed E-state index contributed by atoms with van der Waals surface area (Å²) in [5, 5.41) is 12.6. The van der Waals surface area contributed by atoms with Crippen LogP contribution in [0.2, 0.25) is 0 Å². The minimum Gasteiger partial charge on any atom is -0.507 e. The minimum absolute atomic E-state index is 0.0140. The normalized spacial score (nSPS) is 20.1. The van der Waals surface area contributed by atoms with Crippen LogP contribution in [0.15, 0.2) is 12.1 Å². The first-order valence-electron chi connectivity index (χ1n) is 11.0. The van der Waals surface area contributed by atoms with Gasteiger partial charge in [-0.2, -0.15) is 23.5 Å². The van der Waals surface area contributed by atoms with E-state index in [1.54, 1.807) is 0 Å². The Bertz CT molecular complexity index is 593. The van der Waals surface area contributed by atoms with Crippen LogP contribution in [0.1, 0.15) is 102 Å². The van der Waals surface area contributed by atoms with E-state index in [2.05, 4.69) is 56.4 Å². The van der Waals surface area contributed by atoms with Gasteiger partial charge in [0, 0.05) is 27.6 Å². The Morgan fingerprint density at radius 2 is 1.33 bits per heavy atom. The zero-order valence-corrected chi connectivity index (χ0v) is 19.2. The Balaban J connectivity index is 1.71. The van der Waals surface area contributed by atoms with Crippen LogP contribution in [0.25, 0.3) is 0 Å². The van der Waals surface area contributed by atoms with E-state index >= 15 is 0 Å². The molecular weight excluding hydrogens is 368 g/mol. The van der Waals surface area contributed by atoms with Gasteiger partial charge in [-0.3, -0.25) is 0 Å². The average Bonchev–Trinajstić information content (AvgIpc) is 2.67. The fourth-order valence-corrected chi connectivity index (χ4v) is 6.97. The largest absolute Gasteiger partial charge is 0.507 e. The van der Waals surface area contributed by atoms with Crippen LogP contribution in [0.3, 0.4) is 0 Å². The number of phenols is 1. The maximum Gasteiger partial charge on any atom is 0.123 e. The summed E-state index contributed by atoms with van der Waals surface area (Å²) >= 11 is 4.21. The summed E-state index contributed by atoms with van der Waals surface area (Å²) in [4.78, 5) is 0. The smallest absolute Gasteiger partial charge is 0.123 e. The van der Waals surface area contributed by atoms with Gasteiger partial charge in [-0.15, -0.1) is 0 Å². The van der Waals surface area contributed by atoms with Gasteiger partial charge in [-0.25, -0.2) is 0 Å². The fraction of sp³-hybridized carbons (Fsp3) is 0.750. The molecule has 2 aliphatic carbocycles. The summed E-state index contributed by atoms with van der Waals surface area (Å²) in [6.45, 7) is 6.66. The molecule has 2 saturated carbocycles. The molecule has 0 amide bonds. The minimum atomic E-state index is -0.0140. The van der Waals surface area contributed by atoms with E-state index in [4.69, 9.17) is 0 Å². The van der Waals surface area contributed by atoms with Gasteiger partial charge in [0.1, 0.15) is 5.75 Å². The van der Waals surface area contributed by atoms with Crippen molar-refractivity contribution in [3.05, 3.63) is 28.8 Å². The van der Waals surface area contributed by atoms with Crippen molar-refractivity contribution < 1.29 is 5.11 Å². The third-order valence-corrected chi connectivity index (χ3v) is 8.98. The van der Waals surface area contributed by atoms with E-state index in [0.29, 0.717) is 5.75 Å². The molecular formula is C24H38OS2. The van der Waals surface area contributed by atoms with Crippen LogP contribution in [-0.2, 0) is 16.9 Å². The predicted octanol–water partition coefficient (Wildman–Crippen LogP) is 7.82. The average molecular weight is 407 g/mol. The van der Waals surface area contributed by atoms with Crippen LogP contribution in [0.5, 0.6) is 5.75 Å². The molecule has 1 N–H and O–H groups in total. The lowest BCUT2D eigenvalue weighted by atomic mass is 9.84. The molecule has 3 heteroatoms. The van der Waals surface area contributed by atoms with Crippen molar-refractivity contribution in [1.29, 1.82) is 0 Å². The lowest BCUT2D eigenvalue weighted by Gasteiger charge is -2.26. The van der Waals surface area contributed by atoms with Gasteiger partial charge in [-0.05, 0) is 42.2 Å². The van der Waals surface area contributed by atoms with Crippen molar-refractivity contribution >= 4 is 23.5 Å². The molecule has 0 bridgehead atoms. The molecule has 0 aromatic heterocycles. The molecule has 0 radical (unpaired) electrons. The van der Waals surface area contributed by atoms with Gasteiger partial charge in [0.15, 0.2) is 0 Å². The maximum atomic E-state index is 11.0. The Hall–Kier alpha value is -0.280. The molecule has 2 fully saturated rings. The van der Waals surface area contributed by atoms with Crippen LogP contribution in [0, 0.1) is 0 Å². The third-order valence-electron chi connectivity index (χ3n) is 6.12. The van der Waals surface area contributed by atoms with Crippen LogP contribution in [0.4, 0.5) is 0 Å². The van der Waals surface area contributed by atoms with Crippen molar-refractivity contribution in [2.75, 3.05) is 0 Å². The van der Waals surface area contributed by atoms with Gasteiger partial charge >= 0.3 is 0 Å². The highest BCUT2D eigenvalue weighted by atomic mass is 32.2. The second-order valence-corrected chi connectivity index (χ2v) is 12.1.